The summed E-state index contributed by atoms with van der Waals surface area (Å²) in [6, 6.07) is 0. The second kappa shape index (κ2) is 2.83. The molecule has 0 aromatic rings. The zero-order chi connectivity index (χ0) is 7.03. The van der Waals surface area contributed by atoms with Crippen LogP contribution in [0.15, 0.2) is 0 Å². The van der Waals surface area contributed by atoms with Crippen LogP contribution in [0.4, 0.5) is 0 Å². The largest absolute Gasteiger partial charge is 0.242 e. The van der Waals surface area contributed by atoms with Crippen LogP contribution in [-0.4, -0.2) is 17.4 Å². The van der Waals surface area contributed by atoms with E-state index in [2.05, 4.69) is 25.5 Å². The van der Waals surface area contributed by atoms with Crippen LogP contribution >= 0.6 is 30.3 Å². The highest BCUT2D eigenvalue weighted by Gasteiger charge is 2.44. The van der Waals surface area contributed by atoms with Crippen molar-refractivity contribution in [2.45, 2.75) is 25.7 Å². The summed E-state index contributed by atoms with van der Waals surface area (Å²) in [5.74, 6) is 0. The van der Waals surface area contributed by atoms with Gasteiger partial charge >= 0.3 is 0 Å². The molecule has 0 bridgehead atoms. The van der Waals surface area contributed by atoms with E-state index in [1.54, 1.807) is 0 Å². The van der Waals surface area contributed by atoms with Crippen LogP contribution in [-0.2, 0) is 0 Å². The van der Waals surface area contributed by atoms with Gasteiger partial charge in [0.15, 0.2) is 0 Å². The third-order valence-electron chi connectivity index (χ3n) is 2.84. The average Bonchev–Trinajstić information content (AvgIpc) is 2.72. The normalized spacial score (nSPS) is 30.9. The van der Waals surface area contributed by atoms with Crippen LogP contribution in [0.3, 0.4) is 0 Å². The molecule has 0 aromatic heterocycles. The first-order valence-corrected chi connectivity index (χ1v) is 7.20. The molecule has 0 N–H and O–H groups in total. The van der Waals surface area contributed by atoms with Gasteiger partial charge in [-0.1, -0.05) is 0 Å². The lowest BCUT2D eigenvalue weighted by Crippen LogP contribution is -2.28. The average molecular weight is 269 g/mol. The van der Waals surface area contributed by atoms with Gasteiger partial charge in [0, 0.05) is 34.3 Å². The summed E-state index contributed by atoms with van der Waals surface area (Å²) in [5, 5.41) is 0. The summed E-state index contributed by atoms with van der Waals surface area (Å²) >= 11 is 2.38. The molecule has 2 aliphatic rings. The molecule has 0 aromatic carbocycles. The van der Waals surface area contributed by atoms with Crippen LogP contribution in [0.5, 0.6) is 0 Å². The first-order chi connectivity index (χ1) is 4.85. The maximum absolute atomic E-state index is 2.48. The molecule has 1 nitrogen and oxygen atoms in total. The van der Waals surface area contributed by atoms with Gasteiger partial charge in [0.2, 0.25) is 0 Å². The molecule has 0 atom stereocenters. The standard InChI is InChI=1S/C7H12INS/c8-10-9-5-3-7(1-2-7)4-6-9/h1-6H2. The summed E-state index contributed by atoms with van der Waals surface area (Å²) in [6.07, 6.45) is 5.96. The number of hydrogen-bond donors (Lipinski definition) is 0. The van der Waals surface area contributed by atoms with Crippen LogP contribution in [0.1, 0.15) is 25.7 Å². The Labute approximate surface area is 78.6 Å². The van der Waals surface area contributed by atoms with Crippen LogP contribution in [0.25, 0.3) is 0 Å². The van der Waals surface area contributed by atoms with Crippen molar-refractivity contribution in [3.8, 4) is 0 Å². The smallest absolute Gasteiger partial charge is 0.0146 e. The molecular formula is C7H12INS. The number of rotatable bonds is 1. The molecule has 10 heavy (non-hydrogen) atoms. The zero-order valence-electron chi connectivity index (χ0n) is 5.98. The van der Waals surface area contributed by atoms with Crippen LogP contribution in [0, 0.1) is 5.41 Å². The summed E-state index contributed by atoms with van der Waals surface area (Å²) in [5.41, 5.74) is 0.850. The first-order valence-electron chi connectivity index (χ1n) is 3.88. The van der Waals surface area contributed by atoms with Crippen LogP contribution < -0.4 is 0 Å². The molecule has 0 amide bonds. The second-order valence-corrected chi connectivity index (χ2v) is 5.33. The molecule has 1 heterocycles. The SMILES string of the molecule is ISN1CCC2(CC1)CC2. The lowest BCUT2D eigenvalue weighted by Gasteiger charge is -2.29. The topological polar surface area (TPSA) is 3.24 Å². The minimum atomic E-state index is 0.850. The Hall–Kier alpha value is 1.04. The van der Waals surface area contributed by atoms with Crippen molar-refractivity contribution in [1.29, 1.82) is 0 Å². The molecule has 1 spiro atoms. The maximum atomic E-state index is 2.48. The van der Waals surface area contributed by atoms with Crippen molar-refractivity contribution in [3.05, 3.63) is 0 Å². The Bertz CT molecular complexity index is 126. The Morgan fingerprint density at radius 3 is 2.10 bits per heavy atom. The monoisotopic (exact) mass is 269 g/mol. The van der Waals surface area contributed by atoms with Crippen molar-refractivity contribution in [2.75, 3.05) is 13.1 Å². The Kier molecular flexibility index (Phi) is 2.17. The highest BCUT2D eigenvalue weighted by Crippen LogP contribution is 2.54. The highest BCUT2D eigenvalue weighted by molar-refractivity contribution is 14.2. The van der Waals surface area contributed by atoms with Gasteiger partial charge in [-0.2, -0.15) is 0 Å². The van der Waals surface area contributed by atoms with E-state index in [9.17, 15) is 0 Å². The van der Waals surface area contributed by atoms with E-state index in [1.807, 2.05) is 9.12 Å². The Balaban J connectivity index is 1.84. The van der Waals surface area contributed by atoms with Gasteiger partial charge < -0.3 is 0 Å². The van der Waals surface area contributed by atoms with Gasteiger partial charge in [0.25, 0.3) is 0 Å². The lowest BCUT2D eigenvalue weighted by atomic mass is 9.95. The summed E-state index contributed by atoms with van der Waals surface area (Å²) in [6.45, 7) is 2.65. The molecular weight excluding hydrogens is 257 g/mol. The molecule has 1 aliphatic heterocycles. The lowest BCUT2D eigenvalue weighted by molar-refractivity contribution is 0.276. The minimum absolute atomic E-state index is 0.850. The summed E-state index contributed by atoms with van der Waals surface area (Å²) in [7, 11) is 1.88. The van der Waals surface area contributed by atoms with Crippen molar-refractivity contribution in [3.63, 3.8) is 0 Å². The van der Waals surface area contributed by atoms with Gasteiger partial charge in [0.05, 0.1) is 0 Å². The van der Waals surface area contributed by atoms with E-state index < -0.39 is 0 Å². The highest BCUT2D eigenvalue weighted by atomic mass is 127. The van der Waals surface area contributed by atoms with Crippen molar-refractivity contribution < 1.29 is 0 Å². The first kappa shape index (κ1) is 7.68. The fraction of sp³-hybridized carbons (Fsp3) is 1.00. The van der Waals surface area contributed by atoms with E-state index in [0.29, 0.717) is 0 Å². The number of piperidine rings is 1. The predicted molar refractivity (Wildman–Crippen MR) is 54.1 cm³/mol. The molecule has 1 saturated heterocycles. The molecule has 1 aliphatic carbocycles. The number of hydrogen-bond acceptors (Lipinski definition) is 2. The van der Waals surface area contributed by atoms with Gasteiger partial charge in [-0.05, 0) is 40.2 Å². The third-order valence-corrected chi connectivity index (χ3v) is 5.07. The van der Waals surface area contributed by atoms with E-state index in [4.69, 9.17) is 0 Å². The fourth-order valence-electron chi connectivity index (χ4n) is 1.71. The van der Waals surface area contributed by atoms with Crippen LogP contribution in [0.2, 0.25) is 0 Å². The van der Waals surface area contributed by atoms with E-state index in [-0.39, 0.29) is 0 Å². The molecule has 58 valence electrons. The van der Waals surface area contributed by atoms with Crippen molar-refractivity contribution >= 4 is 30.3 Å². The van der Waals surface area contributed by atoms with Gasteiger partial charge in [-0.25, -0.2) is 4.31 Å². The number of nitrogens with zero attached hydrogens (tertiary/aromatic N) is 1. The molecule has 2 fully saturated rings. The van der Waals surface area contributed by atoms with Crippen molar-refractivity contribution in [2.24, 2.45) is 5.41 Å². The van der Waals surface area contributed by atoms with Crippen molar-refractivity contribution in [1.82, 2.24) is 4.31 Å². The summed E-state index contributed by atoms with van der Waals surface area (Å²) < 4.78 is 2.48. The second-order valence-electron chi connectivity index (χ2n) is 3.50. The molecule has 0 unspecified atom stereocenters. The molecule has 1 saturated carbocycles. The molecule has 0 radical (unpaired) electrons. The van der Waals surface area contributed by atoms with E-state index in [0.717, 1.165) is 5.41 Å². The molecule has 2 rings (SSSR count). The van der Waals surface area contributed by atoms with Gasteiger partial charge in [-0.15, -0.1) is 0 Å². The maximum Gasteiger partial charge on any atom is 0.0146 e. The number of halogens is 1. The minimum Gasteiger partial charge on any atom is -0.242 e. The quantitative estimate of drug-likeness (QED) is 0.532. The summed E-state index contributed by atoms with van der Waals surface area (Å²) in [4.78, 5) is 0. The van der Waals surface area contributed by atoms with Gasteiger partial charge in [-0.3, -0.25) is 0 Å². The van der Waals surface area contributed by atoms with E-state index >= 15 is 0 Å². The zero-order valence-corrected chi connectivity index (χ0v) is 8.95. The Morgan fingerprint density at radius 2 is 1.70 bits per heavy atom. The molecule has 3 heteroatoms. The Morgan fingerprint density at radius 1 is 1.10 bits per heavy atom. The third kappa shape index (κ3) is 1.46. The van der Waals surface area contributed by atoms with Gasteiger partial charge in [0.1, 0.15) is 0 Å². The predicted octanol–water partition coefficient (Wildman–Crippen LogP) is 2.86. The van der Waals surface area contributed by atoms with E-state index in [1.165, 1.54) is 38.8 Å². The fourth-order valence-corrected chi connectivity index (χ4v) is 3.21.